The number of nitrogens with zero attached hydrogens (tertiary/aromatic N) is 3. The van der Waals surface area contributed by atoms with Crippen molar-refractivity contribution in [3.63, 3.8) is 0 Å². The van der Waals surface area contributed by atoms with E-state index in [9.17, 15) is 14.4 Å². The molecule has 3 heterocycles. The van der Waals surface area contributed by atoms with Crippen molar-refractivity contribution in [1.82, 2.24) is 4.57 Å². The van der Waals surface area contributed by atoms with Crippen molar-refractivity contribution in [3.05, 3.63) is 90.6 Å². The lowest BCUT2D eigenvalue weighted by molar-refractivity contribution is -0.139. The monoisotopic (exact) mass is 559 g/mol. The average molecular weight is 560 g/mol. The Morgan fingerprint density at radius 2 is 1.85 bits per heavy atom. The number of hydrogen-bond acceptors (Lipinski definition) is 7. The van der Waals surface area contributed by atoms with Crippen molar-refractivity contribution >= 4 is 34.5 Å². The fourth-order valence-electron chi connectivity index (χ4n) is 5.34. The van der Waals surface area contributed by atoms with E-state index >= 15 is 0 Å². The molecule has 8 nitrogen and oxygen atoms in total. The Morgan fingerprint density at radius 3 is 2.58 bits per heavy atom. The van der Waals surface area contributed by atoms with Crippen LogP contribution in [0.15, 0.2) is 69.6 Å². The van der Waals surface area contributed by atoms with Gasteiger partial charge in [-0.25, -0.2) is 9.79 Å². The number of methoxy groups -OCH3 is 1. The number of carbonyl (C=O) groups is 2. The first kappa shape index (κ1) is 27.6. The highest BCUT2D eigenvalue weighted by Crippen LogP contribution is 2.36. The zero-order valence-electron chi connectivity index (χ0n) is 23.2. The van der Waals surface area contributed by atoms with Gasteiger partial charge in [-0.15, -0.1) is 0 Å². The molecule has 1 atom stereocenters. The lowest BCUT2D eigenvalue weighted by Crippen LogP contribution is -2.41. The Morgan fingerprint density at radius 1 is 1.05 bits per heavy atom. The summed E-state index contributed by atoms with van der Waals surface area (Å²) >= 11 is 1.20. The number of thiazole rings is 1. The smallest absolute Gasteiger partial charge is 0.338 e. The Hall–Kier alpha value is -3.98. The third kappa shape index (κ3) is 4.68. The molecular weight excluding hydrogens is 526 g/mol. The van der Waals surface area contributed by atoms with Crippen LogP contribution in [-0.2, 0) is 14.3 Å². The van der Waals surface area contributed by atoms with Crippen LogP contribution in [0.2, 0.25) is 0 Å². The second-order valence-electron chi connectivity index (χ2n) is 9.71. The third-order valence-electron chi connectivity index (χ3n) is 7.16. The van der Waals surface area contributed by atoms with Crippen LogP contribution in [-0.4, -0.2) is 36.7 Å². The van der Waals surface area contributed by atoms with E-state index in [1.54, 1.807) is 18.9 Å². The van der Waals surface area contributed by atoms with Gasteiger partial charge in [0, 0.05) is 12.1 Å². The number of anilines is 1. The number of carbonyl (C=O) groups excluding carboxylic acids is 2. The molecule has 3 aromatic rings. The van der Waals surface area contributed by atoms with Crippen molar-refractivity contribution in [2.24, 2.45) is 4.99 Å². The van der Waals surface area contributed by atoms with Crippen molar-refractivity contribution in [1.29, 1.82) is 0 Å². The molecule has 0 radical (unpaired) electrons. The number of hydrogen-bond donors (Lipinski definition) is 0. The summed E-state index contributed by atoms with van der Waals surface area (Å²) in [6.45, 7) is 6.62. The Balaban J connectivity index is 1.82. The van der Waals surface area contributed by atoms with Crippen LogP contribution in [0.3, 0.4) is 0 Å². The summed E-state index contributed by atoms with van der Waals surface area (Å²) in [5.41, 5.74) is 3.21. The summed E-state index contributed by atoms with van der Waals surface area (Å²) in [6, 6.07) is 14.1. The Bertz CT molecular complexity index is 1680. The highest BCUT2D eigenvalue weighted by molar-refractivity contribution is 7.07. The minimum atomic E-state index is -0.774. The molecule has 2 aliphatic rings. The van der Waals surface area contributed by atoms with Crippen molar-refractivity contribution in [2.45, 2.75) is 52.5 Å². The van der Waals surface area contributed by atoms with Gasteiger partial charge >= 0.3 is 5.97 Å². The predicted molar refractivity (Wildman–Crippen MR) is 155 cm³/mol. The Labute approximate surface area is 236 Å². The second kappa shape index (κ2) is 11.6. The minimum Gasteiger partial charge on any atom is -0.497 e. The summed E-state index contributed by atoms with van der Waals surface area (Å²) in [5.74, 6) is -0.0871. The molecule has 1 aromatic heterocycles. The molecule has 0 saturated carbocycles. The number of ether oxygens (including phenoxy) is 2. The highest BCUT2D eigenvalue weighted by Gasteiger charge is 2.37. The topological polar surface area (TPSA) is 90.2 Å². The molecule has 1 amide bonds. The van der Waals surface area contributed by atoms with E-state index in [-0.39, 0.29) is 18.1 Å². The molecule has 0 spiro atoms. The van der Waals surface area contributed by atoms with Crippen LogP contribution in [0, 0.1) is 0 Å². The fourth-order valence-corrected chi connectivity index (χ4v) is 6.45. The standard InChI is InChI=1S/C31H33N3O5S/c1-5-8-17-33-23-16-10-9-15-21(23)24(28(33)35)27-29(36)34-26(19-13-11-14-20(18-19)38-4)25(30(37)39-7-3)22(12-6-2)32-31(34)40-27/h9-11,13-16,18,26H,5-8,12,17H2,1-4H3/b27-24+/t26-/m0/s1. The molecule has 0 aliphatic carbocycles. The van der Waals surface area contributed by atoms with E-state index in [4.69, 9.17) is 14.5 Å². The normalized spacial score (nSPS) is 17.4. The zero-order chi connectivity index (χ0) is 28.4. The molecule has 2 aromatic carbocycles. The summed E-state index contributed by atoms with van der Waals surface area (Å²) in [5, 5.41) is 0. The number of rotatable bonds is 9. The maximum atomic E-state index is 14.3. The predicted octanol–water partition coefficient (Wildman–Crippen LogP) is 4.10. The molecule has 208 valence electrons. The van der Waals surface area contributed by atoms with Crippen LogP contribution in [0.25, 0.3) is 5.57 Å². The van der Waals surface area contributed by atoms with Crippen LogP contribution in [0.5, 0.6) is 5.75 Å². The molecule has 0 bridgehead atoms. The lowest BCUT2D eigenvalue weighted by atomic mass is 9.94. The number of allylic oxidation sites excluding steroid dienone is 1. The highest BCUT2D eigenvalue weighted by atomic mass is 32.1. The van der Waals surface area contributed by atoms with Gasteiger partial charge in [0.15, 0.2) is 4.80 Å². The third-order valence-corrected chi connectivity index (χ3v) is 8.22. The average Bonchev–Trinajstić information content (AvgIpc) is 3.43. The first-order chi connectivity index (χ1) is 19.4. The van der Waals surface area contributed by atoms with Gasteiger partial charge in [0.25, 0.3) is 11.5 Å². The second-order valence-corrected chi connectivity index (χ2v) is 10.7. The van der Waals surface area contributed by atoms with E-state index in [0.717, 1.165) is 30.5 Å². The molecule has 9 heteroatoms. The maximum Gasteiger partial charge on any atom is 0.338 e. The van der Waals surface area contributed by atoms with E-state index in [1.165, 1.54) is 15.9 Å². The van der Waals surface area contributed by atoms with Crippen LogP contribution < -0.4 is 24.5 Å². The molecular formula is C31H33N3O5S. The van der Waals surface area contributed by atoms with Crippen LogP contribution >= 0.6 is 11.3 Å². The van der Waals surface area contributed by atoms with Crippen molar-refractivity contribution in [2.75, 3.05) is 25.2 Å². The number of esters is 1. The first-order valence-corrected chi connectivity index (χ1v) is 14.6. The Kier molecular flexibility index (Phi) is 8.02. The molecule has 0 saturated heterocycles. The summed E-state index contributed by atoms with van der Waals surface area (Å²) < 4.78 is 12.8. The van der Waals surface area contributed by atoms with Gasteiger partial charge in [0.2, 0.25) is 0 Å². The van der Waals surface area contributed by atoms with Gasteiger partial charge in [-0.3, -0.25) is 14.2 Å². The van der Waals surface area contributed by atoms with Gasteiger partial charge in [0.1, 0.15) is 10.3 Å². The van der Waals surface area contributed by atoms with Gasteiger partial charge < -0.3 is 14.4 Å². The van der Waals surface area contributed by atoms with E-state index in [2.05, 4.69) is 6.92 Å². The van der Waals surface area contributed by atoms with Gasteiger partial charge in [-0.1, -0.05) is 68.4 Å². The van der Waals surface area contributed by atoms with Crippen molar-refractivity contribution < 1.29 is 19.1 Å². The number of benzene rings is 2. The minimum absolute atomic E-state index is 0.184. The first-order valence-electron chi connectivity index (χ1n) is 13.7. The summed E-state index contributed by atoms with van der Waals surface area (Å²) in [6.07, 6.45) is 3.10. The molecule has 0 unspecified atom stereocenters. The van der Waals surface area contributed by atoms with Crippen LogP contribution in [0.4, 0.5) is 5.69 Å². The lowest BCUT2D eigenvalue weighted by Gasteiger charge is -2.26. The molecule has 40 heavy (non-hydrogen) atoms. The van der Waals surface area contributed by atoms with E-state index in [0.29, 0.717) is 50.5 Å². The number of unbranched alkanes of at least 4 members (excludes halogenated alkanes) is 1. The van der Waals surface area contributed by atoms with Gasteiger partial charge in [0.05, 0.1) is 42.3 Å². The van der Waals surface area contributed by atoms with Crippen LogP contribution in [0.1, 0.15) is 63.6 Å². The number of aromatic nitrogens is 1. The molecule has 2 aliphatic heterocycles. The largest absolute Gasteiger partial charge is 0.497 e. The molecule has 5 rings (SSSR count). The van der Waals surface area contributed by atoms with Gasteiger partial charge in [-0.05, 0) is 43.5 Å². The molecule has 0 fully saturated rings. The molecule has 0 N–H and O–H groups in total. The van der Waals surface area contributed by atoms with E-state index < -0.39 is 12.0 Å². The number of fused-ring (bicyclic) bond motifs is 2. The number of para-hydroxylation sites is 1. The SMILES string of the molecule is CCCCN1C(=O)/C(=c2/sc3n(c2=O)[C@@H](c2cccc(OC)c2)C(C(=O)OCC)=C(CCC)N=3)c2ccccc21. The fraction of sp³-hybridized carbons (Fsp3) is 0.355. The van der Waals surface area contributed by atoms with Crippen molar-refractivity contribution in [3.8, 4) is 5.75 Å². The number of amides is 1. The maximum absolute atomic E-state index is 14.3. The summed E-state index contributed by atoms with van der Waals surface area (Å²) in [7, 11) is 1.57. The van der Waals surface area contributed by atoms with E-state index in [1.807, 2.05) is 55.5 Å². The quantitative estimate of drug-likeness (QED) is 0.368. The van der Waals surface area contributed by atoms with Gasteiger partial charge in [-0.2, -0.15) is 0 Å². The zero-order valence-corrected chi connectivity index (χ0v) is 24.0. The summed E-state index contributed by atoms with van der Waals surface area (Å²) in [4.78, 5) is 48.6.